The zero-order chi connectivity index (χ0) is 18.6. The van der Waals surface area contributed by atoms with Crippen LogP contribution in [0.4, 0.5) is 0 Å². The summed E-state index contributed by atoms with van der Waals surface area (Å²) in [4.78, 5) is 7.31. The van der Waals surface area contributed by atoms with E-state index in [2.05, 4.69) is 51.1 Å². The number of aryl methyl sites for hydroxylation is 1. The van der Waals surface area contributed by atoms with Crippen LogP contribution in [0, 0.1) is 5.92 Å². The number of guanidine groups is 1. The highest BCUT2D eigenvalue weighted by molar-refractivity contribution is 5.79. The number of hydrogen-bond donors (Lipinski definition) is 2. The molecule has 0 radical (unpaired) electrons. The van der Waals surface area contributed by atoms with E-state index in [-0.39, 0.29) is 0 Å². The van der Waals surface area contributed by atoms with Gasteiger partial charge in [0.15, 0.2) is 5.96 Å². The second-order valence-corrected chi connectivity index (χ2v) is 7.21. The number of nitrogens with zero attached hydrogens (tertiary/aromatic N) is 5. The van der Waals surface area contributed by atoms with Gasteiger partial charge in [0.05, 0.1) is 0 Å². The maximum Gasteiger partial charge on any atom is 0.191 e. The summed E-state index contributed by atoms with van der Waals surface area (Å²) < 4.78 is 2.09. The van der Waals surface area contributed by atoms with Crippen LogP contribution >= 0.6 is 0 Å². The summed E-state index contributed by atoms with van der Waals surface area (Å²) in [5.41, 5.74) is 0. The molecule has 1 aromatic rings. The Morgan fingerprint density at radius 2 is 2.00 bits per heavy atom. The summed E-state index contributed by atoms with van der Waals surface area (Å²) in [5, 5.41) is 14.8. The fourth-order valence-corrected chi connectivity index (χ4v) is 3.30. The molecular formula is C19H37N7. The molecule has 2 N–H and O–H groups in total. The molecule has 0 atom stereocenters. The number of likely N-dealkylation sites (tertiary alicyclic amines) is 1. The fourth-order valence-electron chi connectivity index (χ4n) is 3.30. The van der Waals surface area contributed by atoms with Crippen LogP contribution in [-0.4, -0.2) is 64.9 Å². The number of aromatic nitrogens is 3. The maximum absolute atomic E-state index is 4.70. The Morgan fingerprint density at radius 1 is 1.19 bits per heavy atom. The second-order valence-electron chi connectivity index (χ2n) is 7.21. The highest BCUT2D eigenvalue weighted by Crippen LogP contribution is 2.16. The molecule has 7 nitrogen and oxygen atoms in total. The van der Waals surface area contributed by atoms with Crippen molar-refractivity contribution in [1.29, 1.82) is 0 Å². The molecule has 26 heavy (non-hydrogen) atoms. The summed E-state index contributed by atoms with van der Waals surface area (Å²) >= 11 is 0. The molecule has 1 fully saturated rings. The molecule has 0 amide bonds. The number of unbranched alkanes of at least 4 members (excludes halogenated alkanes) is 1. The van der Waals surface area contributed by atoms with E-state index in [9.17, 15) is 0 Å². The van der Waals surface area contributed by atoms with Gasteiger partial charge in [-0.25, -0.2) is 0 Å². The monoisotopic (exact) mass is 363 g/mol. The van der Waals surface area contributed by atoms with Crippen molar-refractivity contribution in [3.8, 4) is 0 Å². The molecule has 1 aliphatic heterocycles. The third-order valence-corrected chi connectivity index (χ3v) is 5.03. The minimum absolute atomic E-state index is 0.822. The highest BCUT2D eigenvalue weighted by atomic mass is 15.3. The third-order valence-electron chi connectivity index (χ3n) is 5.03. The molecule has 0 unspecified atom stereocenters. The quantitative estimate of drug-likeness (QED) is 0.377. The van der Waals surface area contributed by atoms with Crippen LogP contribution in [0.2, 0.25) is 0 Å². The molecule has 1 aliphatic rings. The summed E-state index contributed by atoms with van der Waals surface area (Å²) in [6.45, 7) is 13.8. The Hall–Kier alpha value is -1.63. The van der Waals surface area contributed by atoms with Crippen LogP contribution in [0.15, 0.2) is 11.3 Å². The summed E-state index contributed by atoms with van der Waals surface area (Å²) in [6, 6.07) is 0. The fraction of sp³-hybridized carbons (Fsp3) is 0.842. The van der Waals surface area contributed by atoms with Crippen LogP contribution in [0.1, 0.15) is 52.3 Å². The first-order valence-corrected chi connectivity index (χ1v) is 10.3. The van der Waals surface area contributed by atoms with E-state index < -0.39 is 0 Å². The van der Waals surface area contributed by atoms with Crippen LogP contribution in [0.5, 0.6) is 0 Å². The first kappa shape index (κ1) is 20.7. The van der Waals surface area contributed by atoms with Gasteiger partial charge in [-0.3, -0.25) is 4.99 Å². The smallest absolute Gasteiger partial charge is 0.191 e. The lowest BCUT2D eigenvalue weighted by molar-refractivity contribution is 0.190. The third kappa shape index (κ3) is 7.32. The van der Waals surface area contributed by atoms with Crippen molar-refractivity contribution >= 4 is 5.96 Å². The molecule has 148 valence electrons. The Morgan fingerprint density at radius 3 is 2.73 bits per heavy atom. The van der Waals surface area contributed by atoms with Crippen molar-refractivity contribution in [2.24, 2.45) is 10.9 Å². The minimum Gasteiger partial charge on any atom is -0.357 e. The summed E-state index contributed by atoms with van der Waals surface area (Å²) in [7, 11) is 0. The normalized spacial score (nSPS) is 16.8. The van der Waals surface area contributed by atoms with E-state index in [0.717, 1.165) is 56.7 Å². The number of nitrogens with one attached hydrogen (secondary N) is 2. The number of hydrogen-bond acceptors (Lipinski definition) is 4. The number of piperidine rings is 1. The Labute approximate surface area is 158 Å². The van der Waals surface area contributed by atoms with Crippen molar-refractivity contribution in [2.75, 3.05) is 39.3 Å². The largest absolute Gasteiger partial charge is 0.357 e. The van der Waals surface area contributed by atoms with Gasteiger partial charge in [-0.15, -0.1) is 10.2 Å². The Bertz CT molecular complexity index is 518. The average molecular weight is 364 g/mol. The van der Waals surface area contributed by atoms with Gasteiger partial charge in [0.1, 0.15) is 12.2 Å². The van der Waals surface area contributed by atoms with Crippen LogP contribution in [0.3, 0.4) is 0 Å². The molecule has 0 aliphatic carbocycles. The molecular weight excluding hydrogens is 326 g/mol. The Kier molecular flexibility index (Phi) is 9.45. The van der Waals surface area contributed by atoms with E-state index in [1.807, 2.05) is 0 Å². The van der Waals surface area contributed by atoms with Gasteiger partial charge in [0.25, 0.3) is 0 Å². The van der Waals surface area contributed by atoms with E-state index in [0.29, 0.717) is 0 Å². The molecule has 7 heteroatoms. The van der Waals surface area contributed by atoms with E-state index in [1.165, 1.54) is 38.9 Å². The second kappa shape index (κ2) is 11.9. The zero-order valence-electron chi connectivity index (χ0n) is 16.9. The summed E-state index contributed by atoms with van der Waals surface area (Å²) in [5.74, 6) is 2.85. The van der Waals surface area contributed by atoms with Crippen LogP contribution < -0.4 is 10.6 Å². The minimum atomic E-state index is 0.822. The standard InChI is InChI=1S/C19H37N7/c1-4-18-24-23-16-26(18)15-11-22-19(20-5-2)21-10-6-7-12-25-13-8-17(3)9-14-25/h16-17H,4-15H2,1-3H3,(H2,20,21,22). The predicted octanol–water partition coefficient (Wildman–Crippen LogP) is 1.91. The molecule has 2 heterocycles. The van der Waals surface area contributed by atoms with E-state index in [1.54, 1.807) is 6.33 Å². The maximum atomic E-state index is 4.70. The molecule has 0 aromatic carbocycles. The van der Waals surface area contributed by atoms with Crippen LogP contribution in [0.25, 0.3) is 0 Å². The van der Waals surface area contributed by atoms with Crippen LogP contribution in [-0.2, 0) is 13.0 Å². The summed E-state index contributed by atoms with van der Waals surface area (Å²) in [6.07, 6.45) is 7.81. The Balaban J connectivity index is 1.62. The van der Waals surface area contributed by atoms with Gasteiger partial charge < -0.3 is 20.1 Å². The van der Waals surface area contributed by atoms with Gasteiger partial charge in [-0.1, -0.05) is 13.8 Å². The first-order chi connectivity index (χ1) is 12.7. The molecule has 0 spiro atoms. The van der Waals surface area contributed by atoms with Gasteiger partial charge in [-0.2, -0.15) is 0 Å². The zero-order valence-corrected chi connectivity index (χ0v) is 16.9. The van der Waals surface area contributed by atoms with Gasteiger partial charge >= 0.3 is 0 Å². The highest BCUT2D eigenvalue weighted by Gasteiger charge is 2.14. The van der Waals surface area contributed by atoms with Gasteiger partial charge in [-0.05, 0) is 58.2 Å². The SMILES string of the molecule is CCNC(=NCCCCN1CCC(C)CC1)NCCn1cnnc1CC. The van der Waals surface area contributed by atoms with Crippen molar-refractivity contribution < 1.29 is 0 Å². The molecule has 1 aromatic heterocycles. The topological polar surface area (TPSA) is 70.4 Å². The lowest BCUT2D eigenvalue weighted by atomic mass is 9.99. The predicted molar refractivity (Wildman–Crippen MR) is 107 cm³/mol. The molecule has 0 saturated carbocycles. The van der Waals surface area contributed by atoms with Crippen molar-refractivity contribution in [3.05, 3.63) is 12.2 Å². The molecule has 2 rings (SSSR count). The molecule has 0 bridgehead atoms. The van der Waals surface area contributed by atoms with E-state index >= 15 is 0 Å². The van der Waals surface area contributed by atoms with Crippen molar-refractivity contribution in [1.82, 2.24) is 30.3 Å². The van der Waals surface area contributed by atoms with Gasteiger partial charge in [0, 0.05) is 32.6 Å². The first-order valence-electron chi connectivity index (χ1n) is 10.3. The number of aliphatic imine (C=N–C) groups is 1. The van der Waals surface area contributed by atoms with Crippen molar-refractivity contribution in [3.63, 3.8) is 0 Å². The lowest BCUT2D eigenvalue weighted by Crippen LogP contribution is -2.39. The lowest BCUT2D eigenvalue weighted by Gasteiger charge is -2.30. The van der Waals surface area contributed by atoms with Gasteiger partial charge in [0.2, 0.25) is 0 Å². The van der Waals surface area contributed by atoms with Crippen molar-refractivity contribution in [2.45, 2.75) is 59.4 Å². The average Bonchev–Trinajstić information content (AvgIpc) is 3.10. The van der Waals surface area contributed by atoms with E-state index in [4.69, 9.17) is 4.99 Å². The number of rotatable bonds is 10. The molecule has 1 saturated heterocycles.